The van der Waals surface area contributed by atoms with Gasteiger partial charge in [0.2, 0.25) is 0 Å². The molecule has 26 heavy (non-hydrogen) atoms. The van der Waals surface area contributed by atoms with Gasteiger partial charge in [-0.3, -0.25) is 4.79 Å². The van der Waals surface area contributed by atoms with E-state index in [2.05, 4.69) is 9.97 Å². The van der Waals surface area contributed by atoms with Crippen molar-refractivity contribution in [2.24, 2.45) is 0 Å². The number of hydrogen-bond donors (Lipinski definition) is 2. The molecule has 0 unspecified atom stereocenters. The highest BCUT2D eigenvalue weighted by atomic mass is 16.3. The van der Waals surface area contributed by atoms with E-state index >= 15 is 0 Å². The molecule has 4 nitrogen and oxygen atoms in total. The Bertz CT molecular complexity index is 1150. The van der Waals surface area contributed by atoms with Gasteiger partial charge in [-0.05, 0) is 23.8 Å². The number of H-pyrrole nitrogens is 1. The van der Waals surface area contributed by atoms with Crippen molar-refractivity contribution in [1.82, 2.24) is 9.97 Å². The van der Waals surface area contributed by atoms with E-state index in [1.54, 1.807) is 13.0 Å². The number of phenols is 1. The first-order valence-electron chi connectivity index (χ1n) is 8.48. The molecule has 0 saturated carbocycles. The minimum Gasteiger partial charge on any atom is -0.508 e. The quantitative estimate of drug-likeness (QED) is 0.586. The summed E-state index contributed by atoms with van der Waals surface area (Å²) in [6.45, 7) is 1.77. The Morgan fingerprint density at radius 2 is 1.65 bits per heavy atom. The van der Waals surface area contributed by atoms with Crippen LogP contribution in [-0.4, -0.2) is 15.1 Å². The van der Waals surface area contributed by atoms with Crippen LogP contribution in [0.3, 0.4) is 0 Å². The van der Waals surface area contributed by atoms with Gasteiger partial charge in [-0.2, -0.15) is 0 Å². The zero-order chi connectivity index (χ0) is 18.1. The predicted octanol–water partition coefficient (Wildman–Crippen LogP) is 4.19. The molecule has 4 aromatic rings. The van der Waals surface area contributed by atoms with Gasteiger partial charge in [-0.15, -0.1) is 0 Å². The maximum atomic E-state index is 12.7. The number of aryl methyl sites for hydroxylation is 1. The van der Waals surface area contributed by atoms with Crippen molar-refractivity contribution in [3.63, 3.8) is 0 Å². The van der Waals surface area contributed by atoms with Crippen LogP contribution in [0.2, 0.25) is 0 Å². The number of nitrogens with zero attached hydrogens (tertiary/aromatic N) is 1. The molecule has 0 aliphatic rings. The minimum atomic E-state index is -0.177. The maximum Gasteiger partial charge on any atom is 0.255 e. The average Bonchev–Trinajstić information content (AvgIpc) is 2.66. The average molecular weight is 342 g/mol. The fourth-order valence-corrected chi connectivity index (χ4v) is 3.30. The monoisotopic (exact) mass is 342 g/mol. The van der Waals surface area contributed by atoms with E-state index in [1.807, 2.05) is 60.7 Å². The molecule has 0 aliphatic carbocycles. The van der Waals surface area contributed by atoms with Gasteiger partial charge >= 0.3 is 0 Å². The molecular weight excluding hydrogens is 324 g/mol. The van der Waals surface area contributed by atoms with E-state index in [4.69, 9.17) is 0 Å². The Labute approximate surface area is 150 Å². The highest BCUT2D eigenvalue weighted by Gasteiger charge is 2.16. The molecule has 0 aliphatic heterocycles. The number of phenolic OH excluding ortho intramolecular Hbond substituents is 1. The lowest BCUT2D eigenvalue weighted by Crippen LogP contribution is -2.18. The molecule has 0 spiro atoms. The van der Waals surface area contributed by atoms with Crippen LogP contribution in [0.15, 0.2) is 71.5 Å². The van der Waals surface area contributed by atoms with E-state index < -0.39 is 0 Å². The highest BCUT2D eigenvalue weighted by molar-refractivity contribution is 5.88. The van der Waals surface area contributed by atoms with Crippen molar-refractivity contribution >= 4 is 10.8 Å². The molecule has 4 heteroatoms. The minimum absolute atomic E-state index is 0.177. The number of hydrogen-bond acceptors (Lipinski definition) is 3. The Morgan fingerprint density at radius 1 is 0.923 bits per heavy atom. The molecule has 4 rings (SSSR count). The van der Waals surface area contributed by atoms with Crippen LogP contribution in [0.4, 0.5) is 0 Å². The maximum absolute atomic E-state index is 12.7. The first-order valence-corrected chi connectivity index (χ1v) is 8.48. The van der Waals surface area contributed by atoms with Crippen molar-refractivity contribution in [3.8, 4) is 17.0 Å². The lowest BCUT2D eigenvalue weighted by Gasteiger charge is -2.12. The summed E-state index contributed by atoms with van der Waals surface area (Å²) in [5.41, 5.74) is 2.64. The third-order valence-electron chi connectivity index (χ3n) is 4.55. The molecule has 0 saturated heterocycles. The van der Waals surface area contributed by atoms with Crippen LogP contribution in [0.25, 0.3) is 22.0 Å². The van der Waals surface area contributed by atoms with E-state index in [9.17, 15) is 9.90 Å². The summed E-state index contributed by atoms with van der Waals surface area (Å²) in [6, 6.07) is 21.1. The fraction of sp³-hybridized carbons (Fsp3) is 0.0909. The largest absolute Gasteiger partial charge is 0.508 e. The zero-order valence-electron chi connectivity index (χ0n) is 14.4. The number of nitrogens with one attached hydrogen (secondary N) is 1. The Hall–Kier alpha value is -3.40. The van der Waals surface area contributed by atoms with Crippen LogP contribution in [-0.2, 0) is 6.42 Å². The van der Waals surface area contributed by atoms with Crippen LogP contribution in [0, 0.1) is 6.92 Å². The number of aromatic nitrogens is 2. The van der Waals surface area contributed by atoms with Crippen molar-refractivity contribution in [1.29, 1.82) is 0 Å². The van der Waals surface area contributed by atoms with Gasteiger partial charge < -0.3 is 10.1 Å². The van der Waals surface area contributed by atoms with Crippen molar-refractivity contribution in [2.45, 2.75) is 13.3 Å². The second kappa shape index (κ2) is 6.48. The van der Waals surface area contributed by atoms with Crippen LogP contribution in [0.1, 0.15) is 17.0 Å². The first kappa shape index (κ1) is 16.1. The second-order valence-electron chi connectivity index (χ2n) is 6.31. The molecule has 0 fully saturated rings. The third kappa shape index (κ3) is 2.86. The highest BCUT2D eigenvalue weighted by Crippen LogP contribution is 2.30. The zero-order valence-corrected chi connectivity index (χ0v) is 14.4. The Kier molecular flexibility index (Phi) is 4.01. The molecule has 0 bridgehead atoms. The molecular formula is C22H18N2O2. The van der Waals surface area contributed by atoms with E-state index in [0.29, 0.717) is 23.5 Å². The van der Waals surface area contributed by atoms with E-state index in [-0.39, 0.29) is 11.3 Å². The Morgan fingerprint density at radius 3 is 2.46 bits per heavy atom. The SMILES string of the molecule is Cc1nc(-c2ccccc2)c(Cc2c(O)ccc3ccccc23)c(=O)[nH]1. The number of rotatable bonds is 3. The molecule has 1 heterocycles. The number of aromatic hydroxyl groups is 1. The van der Waals surface area contributed by atoms with Gasteiger partial charge in [0.05, 0.1) is 5.69 Å². The van der Waals surface area contributed by atoms with Crippen LogP contribution < -0.4 is 5.56 Å². The van der Waals surface area contributed by atoms with Gasteiger partial charge in [0.15, 0.2) is 0 Å². The summed E-state index contributed by atoms with van der Waals surface area (Å²) < 4.78 is 0. The summed E-state index contributed by atoms with van der Waals surface area (Å²) in [5, 5.41) is 12.4. The molecule has 0 radical (unpaired) electrons. The van der Waals surface area contributed by atoms with Gasteiger partial charge in [-0.25, -0.2) is 4.98 Å². The van der Waals surface area contributed by atoms with E-state index in [0.717, 1.165) is 21.9 Å². The molecule has 2 N–H and O–H groups in total. The summed E-state index contributed by atoms with van der Waals surface area (Å²) in [6.07, 6.45) is 0.306. The summed E-state index contributed by atoms with van der Waals surface area (Å²) in [4.78, 5) is 20.1. The third-order valence-corrected chi connectivity index (χ3v) is 4.55. The molecule has 1 aromatic heterocycles. The van der Waals surface area contributed by atoms with Crippen molar-refractivity contribution in [2.75, 3.05) is 0 Å². The predicted molar refractivity (Wildman–Crippen MR) is 103 cm³/mol. The molecule has 0 atom stereocenters. The van der Waals surface area contributed by atoms with Crippen molar-refractivity contribution in [3.05, 3.63) is 94.0 Å². The van der Waals surface area contributed by atoms with Gasteiger partial charge in [0.1, 0.15) is 11.6 Å². The number of aromatic amines is 1. The summed E-state index contributed by atoms with van der Waals surface area (Å²) >= 11 is 0. The molecule has 128 valence electrons. The van der Waals surface area contributed by atoms with Crippen LogP contribution in [0.5, 0.6) is 5.75 Å². The standard InChI is InChI=1S/C22H18N2O2/c1-14-23-21(16-8-3-2-4-9-16)19(22(26)24-14)13-18-17-10-6-5-7-15(17)11-12-20(18)25/h2-12,25H,13H2,1H3,(H,23,24,26). The first-order chi connectivity index (χ1) is 12.6. The van der Waals surface area contributed by atoms with Gasteiger partial charge in [-0.1, -0.05) is 60.7 Å². The summed E-state index contributed by atoms with van der Waals surface area (Å²) in [5.74, 6) is 0.752. The number of fused-ring (bicyclic) bond motifs is 1. The van der Waals surface area contributed by atoms with Crippen molar-refractivity contribution < 1.29 is 5.11 Å². The summed E-state index contributed by atoms with van der Waals surface area (Å²) in [7, 11) is 0. The fourth-order valence-electron chi connectivity index (χ4n) is 3.30. The lowest BCUT2D eigenvalue weighted by atomic mass is 9.95. The topological polar surface area (TPSA) is 66.0 Å². The lowest BCUT2D eigenvalue weighted by molar-refractivity contribution is 0.470. The normalized spacial score (nSPS) is 11.0. The molecule has 0 amide bonds. The molecule has 3 aromatic carbocycles. The van der Waals surface area contributed by atoms with Gasteiger partial charge in [0.25, 0.3) is 5.56 Å². The second-order valence-corrected chi connectivity index (χ2v) is 6.31. The van der Waals surface area contributed by atoms with Gasteiger partial charge in [0, 0.05) is 23.1 Å². The van der Waals surface area contributed by atoms with E-state index in [1.165, 1.54) is 0 Å². The Balaban J connectivity index is 1.93. The van der Waals surface area contributed by atoms with Crippen LogP contribution >= 0.6 is 0 Å². The smallest absolute Gasteiger partial charge is 0.255 e. The number of benzene rings is 3.